The highest BCUT2D eigenvalue weighted by Gasteiger charge is 2.38. The Labute approximate surface area is 193 Å². The van der Waals surface area contributed by atoms with Gasteiger partial charge in [-0.25, -0.2) is 0 Å². The molecule has 2 N–H and O–H groups in total. The molecule has 0 aromatic heterocycles. The second-order valence-corrected chi connectivity index (χ2v) is 8.83. The Morgan fingerprint density at radius 1 is 1.17 bits per heavy atom. The molecule has 1 amide bonds. The lowest BCUT2D eigenvalue weighted by atomic mass is 9.79. The van der Waals surface area contributed by atoms with Gasteiger partial charge in [-0.15, -0.1) is 24.8 Å². The van der Waals surface area contributed by atoms with Gasteiger partial charge in [-0.3, -0.25) is 9.69 Å². The molecule has 0 radical (unpaired) electrons. The van der Waals surface area contributed by atoms with E-state index in [9.17, 15) is 4.79 Å². The largest absolute Gasteiger partial charge is 0.379 e. The van der Waals surface area contributed by atoms with Crippen molar-refractivity contribution in [1.29, 1.82) is 0 Å². The minimum atomic E-state index is 0. The van der Waals surface area contributed by atoms with Gasteiger partial charge in [-0.2, -0.15) is 0 Å². The third-order valence-electron chi connectivity index (χ3n) is 6.92. The van der Waals surface area contributed by atoms with Crippen LogP contribution in [0.15, 0.2) is 24.3 Å². The van der Waals surface area contributed by atoms with Gasteiger partial charge < -0.3 is 15.4 Å². The number of rotatable bonds is 6. The number of hydrogen-bond donors (Lipinski definition) is 2. The van der Waals surface area contributed by atoms with Crippen molar-refractivity contribution >= 4 is 30.7 Å². The van der Waals surface area contributed by atoms with Gasteiger partial charge in [-0.1, -0.05) is 31.4 Å². The number of ether oxygens (including phenoxy) is 1. The van der Waals surface area contributed by atoms with E-state index in [2.05, 4.69) is 27.7 Å². The molecule has 3 aliphatic rings. The highest BCUT2D eigenvalue weighted by molar-refractivity contribution is 5.94. The highest BCUT2D eigenvalue weighted by Crippen LogP contribution is 2.34. The standard InChI is InChI=1S/C23H35N3O2.2ClH/c27-22(21-6-4-5-19(16-21)15-20-7-10-24-17-20)25-18-23(8-2-1-3-9-23)26-11-13-28-14-12-26;;/h4-6,16,20,24H,1-3,7-15,17-18H2,(H,25,27);2*1H. The van der Waals surface area contributed by atoms with E-state index in [1.807, 2.05) is 12.1 Å². The fourth-order valence-electron chi connectivity index (χ4n) is 5.26. The van der Waals surface area contributed by atoms with E-state index in [4.69, 9.17) is 4.74 Å². The van der Waals surface area contributed by atoms with Gasteiger partial charge in [0.05, 0.1) is 13.2 Å². The molecule has 30 heavy (non-hydrogen) atoms. The van der Waals surface area contributed by atoms with Crippen LogP contribution in [0.2, 0.25) is 0 Å². The Kier molecular flexibility index (Phi) is 10.4. The van der Waals surface area contributed by atoms with E-state index in [1.165, 1.54) is 44.1 Å². The summed E-state index contributed by atoms with van der Waals surface area (Å²) in [5.74, 6) is 0.773. The van der Waals surface area contributed by atoms with Crippen molar-refractivity contribution in [1.82, 2.24) is 15.5 Å². The molecule has 4 rings (SSSR count). The van der Waals surface area contributed by atoms with Crippen LogP contribution >= 0.6 is 24.8 Å². The molecule has 1 aromatic carbocycles. The summed E-state index contributed by atoms with van der Waals surface area (Å²) in [5, 5.41) is 6.72. The number of morpholine rings is 1. The third kappa shape index (κ3) is 6.33. The van der Waals surface area contributed by atoms with Gasteiger partial charge in [0, 0.05) is 30.7 Å². The van der Waals surface area contributed by atoms with Crippen molar-refractivity contribution < 1.29 is 9.53 Å². The quantitative estimate of drug-likeness (QED) is 0.686. The lowest BCUT2D eigenvalue weighted by molar-refractivity contribution is -0.0361. The van der Waals surface area contributed by atoms with Crippen LogP contribution in [0.5, 0.6) is 0 Å². The molecule has 1 saturated carbocycles. The van der Waals surface area contributed by atoms with Gasteiger partial charge in [-0.05, 0) is 62.4 Å². The lowest BCUT2D eigenvalue weighted by Crippen LogP contribution is -2.59. The lowest BCUT2D eigenvalue weighted by Gasteiger charge is -2.48. The molecule has 3 fully saturated rings. The first-order valence-electron chi connectivity index (χ1n) is 11.2. The van der Waals surface area contributed by atoms with Gasteiger partial charge in [0.2, 0.25) is 0 Å². The monoisotopic (exact) mass is 457 g/mol. The summed E-state index contributed by atoms with van der Waals surface area (Å²) in [5.41, 5.74) is 2.20. The fourth-order valence-corrected chi connectivity index (χ4v) is 5.26. The second-order valence-electron chi connectivity index (χ2n) is 8.83. The summed E-state index contributed by atoms with van der Waals surface area (Å²) in [7, 11) is 0. The highest BCUT2D eigenvalue weighted by atomic mass is 35.5. The van der Waals surface area contributed by atoms with Crippen LogP contribution in [0.25, 0.3) is 0 Å². The zero-order chi connectivity index (χ0) is 19.2. The first-order valence-corrected chi connectivity index (χ1v) is 11.2. The zero-order valence-electron chi connectivity index (χ0n) is 17.9. The predicted molar refractivity (Wildman–Crippen MR) is 126 cm³/mol. The first kappa shape index (κ1) is 25.4. The van der Waals surface area contributed by atoms with E-state index in [0.29, 0.717) is 5.92 Å². The second kappa shape index (κ2) is 12.3. The van der Waals surface area contributed by atoms with Crippen LogP contribution < -0.4 is 10.6 Å². The molecule has 2 heterocycles. The molecule has 5 nitrogen and oxygen atoms in total. The van der Waals surface area contributed by atoms with Crippen molar-refractivity contribution in [2.45, 2.75) is 50.5 Å². The van der Waals surface area contributed by atoms with Gasteiger partial charge >= 0.3 is 0 Å². The van der Waals surface area contributed by atoms with E-state index >= 15 is 0 Å². The van der Waals surface area contributed by atoms with Crippen molar-refractivity contribution in [3.05, 3.63) is 35.4 Å². The van der Waals surface area contributed by atoms with E-state index < -0.39 is 0 Å². The van der Waals surface area contributed by atoms with Crippen LogP contribution in [-0.4, -0.2) is 62.3 Å². The molecular formula is C23H37Cl2N3O2. The van der Waals surface area contributed by atoms with Crippen molar-refractivity contribution in [2.24, 2.45) is 5.92 Å². The molecule has 1 unspecified atom stereocenters. The van der Waals surface area contributed by atoms with Gasteiger partial charge in [0.25, 0.3) is 5.91 Å². The molecule has 0 spiro atoms. The maximum absolute atomic E-state index is 12.9. The molecule has 0 bridgehead atoms. The molecule has 1 aliphatic carbocycles. The molecular weight excluding hydrogens is 421 g/mol. The number of amides is 1. The van der Waals surface area contributed by atoms with Gasteiger partial charge in [0.15, 0.2) is 0 Å². The Hall–Kier alpha value is -0.850. The first-order chi connectivity index (χ1) is 13.8. The molecule has 170 valence electrons. The van der Waals surface area contributed by atoms with Crippen LogP contribution in [0.3, 0.4) is 0 Å². The molecule has 1 atom stereocenters. The number of nitrogens with one attached hydrogen (secondary N) is 2. The smallest absolute Gasteiger partial charge is 0.251 e. The Morgan fingerprint density at radius 3 is 2.63 bits per heavy atom. The third-order valence-corrected chi connectivity index (χ3v) is 6.92. The van der Waals surface area contributed by atoms with Crippen molar-refractivity contribution in [2.75, 3.05) is 45.9 Å². The summed E-state index contributed by atoms with van der Waals surface area (Å²) in [6, 6.07) is 8.24. The number of carbonyl (C=O) groups excluding carboxylic acids is 1. The summed E-state index contributed by atoms with van der Waals surface area (Å²) in [6.07, 6.45) is 8.50. The Morgan fingerprint density at radius 2 is 1.93 bits per heavy atom. The normalized spacial score (nSPS) is 23.8. The van der Waals surface area contributed by atoms with Crippen molar-refractivity contribution in [3.63, 3.8) is 0 Å². The topological polar surface area (TPSA) is 53.6 Å². The minimum absolute atomic E-state index is 0. The minimum Gasteiger partial charge on any atom is -0.379 e. The predicted octanol–water partition coefficient (Wildman–Crippen LogP) is 3.45. The molecule has 7 heteroatoms. The number of benzene rings is 1. The fraction of sp³-hybridized carbons (Fsp3) is 0.696. The Bertz CT molecular complexity index is 656. The van der Waals surface area contributed by atoms with E-state index in [-0.39, 0.29) is 36.3 Å². The number of carbonyl (C=O) groups is 1. The number of halogens is 2. The summed E-state index contributed by atoms with van der Waals surface area (Å²) in [6.45, 7) is 6.57. The summed E-state index contributed by atoms with van der Waals surface area (Å²) < 4.78 is 5.56. The average Bonchev–Trinajstić information content (AvgIpc) is 3.26. The Balaban J connectivity index is 0.00000160. The van der Waals surface area contributed by atoms with Crippen LogP contribution in [-0.2, 0) is 11.2 Å². The number of hydrogen-bond acceptors (Lipinski definition) is 4. The molecule has 1 aromatic rings. The van der Waals surface area contributed by atoms with Crippen molar-refractivity contribution in [3.8, 4) is 0 Å². The summed E-state index contributed by atoms with van der Waals surface area (Å²) in [4.78, 5) is 15.5. The average molecular weight is 458 g/mol. The molecule has 2 aliphatic heterocycles. The van der Waals surface area contributed by atoms with E-state index in [0.717, 1.165) is 57.9 Å². The summed E-state index contributed by atoms with van der Waals surface area (Å²) >= 11 is 0. The van der Waals surface area contributed by atoms with E-state index in [1.54, 1.807) is 0 Å². The number of nitrogens with zero attached hydrogens (tertiary/aromatic N) is 1. The maximum atomic E-state index is 12.9. The van der Waals surface area contributed by atoms with Crippen LogP contribution in [0, 0.1) is 5.92 Å². The van der Waals surface area contributed by atoms with Crippen LogP contribution in [0.1, 0.15) is 54.4 Å². The molecule has 2 saturated heterocycles. The maximum Gasteiger partial charge on any atom is 0.251 e. The van der Waals surface area contributed by atoms with Gasteiger partial charge in [0.1, 0.15) is 0 Å². The zero-order valence-corrected chi connectivity index (χ0v) is 19.5. The SMILES string of the molecule is Cl.Cl.O=C(NCC1(N2CCOCC2)CCCCC1)c1cccc(CC2CCNC2)c1. The van der Waals surface area contributed by atoms with Crippen LogP contribution in [0.4, 0.5) is 0 Å².